The number of nitrogens with two attached hydrogens (primary N) is 1. The highest BCUT2D eigenvalue weighted by Gasteiger charge is 2.09. The zero-order valence-electron chi connectivity index (χ0n) is 14.8. The Bertz CT molecular complexity index is 1110. The first kappa shape index (κ1) is 17.1. The van der Waals surface area contributed by atoms with E-state index in [0.29, 0.717) is 13.0 Å². The van der Waals surface area contributed by atoms with Gasteiger partial charge >= 0.3 is 0 Å². The molecule has 0 unspecified atom stereocenters. The van der Waals surface area contributed by atoms with E-state index in [9.17, 15) is 4.79 Å². The molecule has 0 fully saturated rings. The van der Waals surface area contributed by atoms with Crippen molar-refractivity contribution in [3.63, 3.8) is 0 Å². The van der Waals surface area contributed by atoms with E-state index in [1.807, 2.05) is 42.7 Å². The summed E-state index contributed by atoms with van der Waals surface area (Å²) in [5, 5.41) is 5.02. The van der Waals surface area contributed by atoms with Crippen molar-refractivity contribution in [3.8, 4) is 0 Å². The van der Waals surface area contributed by atoms with Gasteiger partial charge in [-0.1, -0.05) is 18.2 Å². The number of rotatable bonds is 6. The number of fused-ring (bicyclic) bond motifs is 2. The molecule has 6 heteroatoms. The number of pyridine rings is 1. The molecule has 0 spiro atoms. The number of aromatic nitrogens is 3. The molecule has 0 saturated carbocycles. The summed E-state index contributed by atoms with van der Waals surface area (Å²) >= 11 is 0. The van der Waals surface area contributed by atoms with Gasteiger partial charge < -0.3 is 21.0 Å². The Morgan fingerprint density at radius 2 is 2.00 bits per heavy atom. The van der Waals surface area contributed by atoms with Gasteiger partial charge in [-0.25, -0.2) is 4.98 Å². The number of nitrogens with one attached hydrogen (secondary N) is 3. The minimum atomic E-state index is -0.164. The van der Waals surface area contributed by atoms with Crippen molar-refractivity contribution >= 4 is 33.9 Å². The average Bonchev–Trinajstić information content (AvgIpc) is 3.29. The second kappa shape index (κ2) is 7.47. The highest BCUT2D eigenvalue weighted by Crippen LogP contribution is 2.19. The van der Waals surface area contributed by atoms with Crippen molar-refractivity contribution in [3.05, 3.63) is 72.2 Å². The Hall–Kier alpha value is -3.38. The number of carbonyl (C=O) groups excluding carboxylic acids is 1. The summed E-state index contributed by atoms with van der Waals surface area (Å²) in [5.74, 6) is -0.164. The van der Waals surface area contributed by atoms with Crippen molar-refractivity contribution < 1.29 is 4.79 Å². The highest BCUT2D eigenvalue weighted by molar-refractivity contribution is 5.95. The SMILES string of the molecule is N[C@@H](CNC(=O)/C=C/c1c[nH]c2ncccc12)Cc1c[nH]c2ccccc12. The third-order valence-corrected chi connectivity index (χ3v) is 4.59. The number of aromatic amines is 2. The number of benzene rings is 1. The van der Waals surface area contributed by atoms with Gasteiger partial charge in [0.15, 0.2) is 0 Å². The van der Waals surface area contributed by atoms with Crippen molar-refractivity contribution in [2.45, 2.75) is 12.5 Å². The van der Waals surface area contributed by atoms with Crippen molar-refractivity contribution in [1.82, 2.24) is 20.3 Å². The molecule has 0 saturated heterocycles. The molecule has 136 valence electrons. The van der Waals surface area contributed by atoms with Gasteiger partial charge in [0.25, 0.3) is 0 Å². The van der Waals surface area contributed by atoms with Crippen LogP contribution in [0.15, 0.2) is 61.1 Å². The lowest BCUT2D eigenvalue weighted by Gasteiger charge is -2.11. The fourth-order valence-corrected chi connectivity index (χ4v) is 3.23. The van der Waals surface area contributed by atoms with E-state index < -0.39 is 0 Å². The van der Waals surface area contributed by atoms with Crippen LogP contribution in [-0.2, 0) is 11.2 Å². The summed E-state index contributed by atoms with van der Waals surface area (Å²) < 4.78 is 0. The van der Waals surface area contributed by atoms with Gasteiger partial charge in [-0.05, 0) is 36.3 Å². The first-order valence-corrected chi connectivity index (χ1v) is 8.89. The smallest absolute Gasteiger partial charge is 0.244 e. The van der Waals surface area contributed by atoms with Crippen molar-refractivity contribution in [1.29, 1.82) is 0 Å². The maximum atomic E-state index is 12.1. The fraction of sp³-hybridized carbons (Fsp3) is 0.143. The van der Waals surface area contributed by atoms with Gasteiger partial charge in [0.1, 0.15) is 5.65 Å². The maximum Gasteiger partial charge on any atom is 0.244 e. The molecule has 1 aromatic carbocycles. The van der Waals surface area contributed by atoms with Crippen LogP contribution in [0.5, 0.6) is 0 Å². The Kier molecular flexibility index (Phi) is 4.72. The third-order valence-electron chi connectivity index (χ3n) is 4.59. The maximum absolute atomic E-state index is 12.1. The zero-order chi connectivity index (χ0) is 18.6. The third kappa shape index (κ3) is 3.75. The molecule has 3 aromatic heterocycles. The molecule has 27 heavy (non-hydrogen) atoms. The molecule has 0 bridgehead atoms. The zero-order valence-corrected chi connectivity index (χ0v) is 14.8. The minimum absolute atomic E-state index is 0.154. The summed E-state index contributed by atoms with van der Waals surface area (Å²) in [5.41, 5.74) is 10.2. The van der Waals surface area contributed by atoms with E-state index in [0.717, 1.165) is 27.7 Å². The standard InChI is InChI=1S/C21H21N5O/c22-16(10-15-12-24-19-6-2-1-4-17(15)19)13-25-20(27)8-7-14-11-26-21-18(14)5-3-9-23-21/h1-9,11-12,16,24H,10,13,22H2,(H,23,26)(H,25,27)/b8-7+/t16-/m1/s1. The molecule has 5 N–H and O–H groups in total. The molecule has 0 aliphatic carbocycles. The summed E-state index contributed by atoms with van der Waals surface area (Å²) in [6, 6.07) is 11.8. The van der Waals surface area contributed by atoms with Crippen molar-refractivity contribution in [2.75, 3.05) is 6.54 Å². The largest absolute Gasteiger partial charge is 0.361 e. The van der Waals surface area contributed by atoms with Crippen LogP contribution in [0.3, 0.4) is 0 Å². The Morgan fingerprint density at radius 3 is 2.93 bits per heavy atom. The lowest BCUT2D eigenvalue weighted by Crippen LogP contribution is -2.37. The number of amides is 1. The second-order valence-electron chi connectivity index (χ2n) is 6.55. The summed E-state index contributed by atoms with van der Waals surface area (Å²) in [4.78, 5) is 22.7. The monoisotopic (exact) mass is 359 g/mol. The highest BCUT2D eigenvalue weighted by atomic mass is 16.1. The number of hydrogen-bond acceptors (Lipinski definition) is 3. The van der Waals surface area contributed by atoms with Crippen LogP contribution in [-0.4, -0.2) is 33.4 Å². The minimum Gasteiger partial charge on any atom is -0.361 e. The van der Waals surface area contributed by atoms with Crippen LogP contribution >= 0.6 is 0 Å². The van der Waals surface area contributed by atoms with Crippen LogP contribution in [0.2, 0.25) is 0 Å². The molecule has 0 aliphatic heterocycles. The molecule has 1 amide bonds. The first-order valence-electron chi connectivity index (χ1n) is 8.89. The lowest BCUT2D eigenvalue weighted by molar-refractivity contribution is -0.116. The Balaban J connectivity index is 1.33. The van der Waals surface area contributed by atoms with E-state index in [-0.39, 0.29) is 11.9 Å². The number of para-hydroxylation sites is 1. The van der Waals surface area contributed by atoms with Crippen molar-refractivity contribution in [2.24, 2.45) is 5.73 Å². The molecule has 3 heterocycles. The van der Waals surface area contributed by atoms with Crippen LogP contribution < -0.4 is 11.1 Å². The molecular formula is C21H21N5O. The van der Waals surface area contributed by atoms with Crippen LogP contribution in [0, 0.1) is 0 Å². The fourth-order valence-electron chi connectivity index (χ4n) is 3.23. The van der Waals surface area contributed by atoms with Gasteiger partial charge in [0.05, 0.1) is 0 Å². The van der Waals surface area contributed by atoms with Crippen LogP contribution in [0.4, 0.5) is 0 Å². The molecule has 0 aliphatic rings. The number of carbonyl (C=O) groups is 1. The Morgan fingerprint density at radius 1 is 1.15 bits per heavy atom. The van der Waals surface area contributed by atoms with Gasteiger partial charge in [-0.3, -0.25) is 4.79 Å². The summed E-state index contributed by atoms with van der Waals surface area (Å²) in [7, 11) is 0. The van der Waals surface area contributed by atoms with E-state index >= 15 is 0 Å². The van der Waals surface area contributed by atoms with Gasteiger partial charge in [0.2, 0.25) is 5.91 Å². The average molecular weight is 359 g/mol. The number of hydrogen-bond donors (Lipinski definition) is 4. The van der Waals surface area contributed by atoms with E-state index in [1.54, 1.807) is 12.3 Å². The summed E-state index contributed by atoms with van der Waals surface area (Å²) in [6.45, 7) is 0.415. The topological polar surface area (TPSA) is 99.6 Å². The predicted octanol–water partition coefficient (Wildman–Crippen LogP) is 2.74. The molecule has 0 radical (unpaired) electrons. The van der Waals surface area contributed by atoms with Crippen LogP contribution in [0.25, 0.3) is 28.0 Å². The van der Waals surface area contributed by atoms with Gasteiger partial charge in [0, 0.05) is 59.1 Å². The molecular weight excluding hydrogens is 338 g/mol. The first-order chi connectivity index (χ1) is 13.2. The van der Waals surface area contributed by atoms with E-state index in [1.165, 1.54) is 11.5 Å². The molecule has 4 aromatic rings. The lowest BCUT2D eigenvalue weighted by atomic mass is 10.1. The van der Waals surface area contributed by atoms with Crippen LogP contribution in [0.1, 0.15) is 11.1 Å². The van der Waals surface area contributed by atoms with E-state index in [2.05, 4.69) is 26.3 Å². The van der Waals surface area contributed by atoms with Gasteiger partial charge in [-0.2, -0.15) is 0 Å². The quantitative estimate of drug-likeness (QED) is 0.398. The number of H-pyrrole nitrogens is 2. The number of nitrogens with zero attached hydrogens (tertiary/aromatic N) is 1. The molecule has 1 atom stereocenters. The molecule has 6 nitrogen and oxygen atoms in total. The van der Waals surface area contributed by atoms with E-state index in [4.69, 9.17) is 5.73 Å². The second-order valence-corrected chi connectivity index (χ2v) is 6.55. The normalized spacial score (nSPS) is 12.8. The predicted molar refractivity (Wildman–Crippen MR) is 108 cm³/mol. The summed E-state index contributed by atoms with van der Waals surface area (Å²) in [6.07, 6.45) is 9.55. The Labute approximate surface area is 156 Å². The molecule has 4 rings (SSSR count). The van der Waals surface area contributed by atoms with Gasteiger partial charge in [-0.15, -0.1) is 0 Å².